The summed E-state index contributed by atoms with van der Waals surface area (Å²) in [5.74, 6) is 6.64. The van der Waals surface area contributed by atoms with E-state index in [1.165, 1.54) is 36.8 Å². The summed E-state index contributed by atoms with van der Waals surface area (Å²) in [5, 5.41) is 0. The molecule has 3 heteroatoms. The Balaban J connectivity index is 1.92. The van der Waals surface area contributed by atoms with E-state index < -0.39 is 0 Å². The van der Waals surface area contributed by atoms with Crippen LogP contribution in [0.2, 0.25) is 0 Å². The second-order valence-electron chi connectivity index (χ2n) is 6.47. The molecule has 1 heterocycles. The standard InChI is InChI=1S/C17H26N2O/c1-17(11-4-5-12-20-17)16(19-18)15-10-3-2-9-14(15)13-7-6-8-13/h2-3,9-10,13,16,19H,4-8,11-12,18H2,1H3. The normalized spacial score (nSPS) is 28.9. The maximum absolute atomic E-state index is 6.12. The third-order valence-electron chi connectivity index (χ3n) is 5.13. The molecule has 3 N–H and O–H groups in total. The molecule has 1 aliphatic carbocycles. The first-order valence-corrected chi connectivity index (χ1v) is 7.93. The highest BCUT2D eigenvalue weighted by Crippen LogP contribution is 2.43. The molecule has 1 aromatic carbocycles. The Hall–Kier alpha value is -0.900. The maximum atomic E-state index is 6.12. The van der Waals surface area contributed by atoms with Gasteiger partial charge in [-0.3, -0.25) is 11.3 Å². The van der Waals surface area contributed by atoms with Crippen LogP contribution in [0.1, 0.15) is 68.5 Å². The number of hydrogen-bond acceptors (Lipinski definition) is 3. The Morgan fingerprint density at radius 1 is 1.25 bits per heavy atom. The van der Waals surface area contributed by atoms with Gasteiger partial charge in [-0.1, -0.05) is 30.7 Å². The van der Waals surface area contributed by atoms with E-state index in [4.69, 9.17) is 10.6 Å². The van der Waals surface area contributed by atoms with Crippen LogP contribution in [-0.4, -0.2) is 12.2 Å². The van der Waals surface area contributed by atoms with E-state index in [0.717, 1.165) is 19.4 Å². The first-order valence-electron chi connectivity index (χ1n) is 7.93. The van der Waals surface area contributed by atoms with E-state index in [2.05, 4.69) is 36.6 Å². The third kappa shape index (κ3) is 2.50. The highest BCUT2D eigenvalue weighted by Gasteiger charge is 2.39. The fourth-order valence-corrected chi connectivity index (χ4v) is 3.64. The number of hydrazine groups is 1. The minimum atomic E-state index is -0.188. The van der Waals surface area contributed by atoms with Crippen molar-refractivity contribution in [3.8, 4) is 0 Å². The number of nitrogens with two attached hydrogens (primary N) is 1. The van der Waals surface area contributed by atoms with Gasteiger partial charge in [0.05, 0.1) is 11.6 Å². The maximum Gasteiger partial charge on any atom is 0.0861 e. The van der Waals surface area contributed by atoms with Gasteiger partial charge in [-0.15, -0.1) is 0 Å². The lowest BCUT2D eigenvalue weighted by Crippen LogP contribution is -2.48. The highest BCUT2D eigenvalue weighted by molar-refractivity contribution is 5.35. The molecular formula is C17H26N2O. The SMILES string of the molecule is CC1(C(NN)c2ccccc2C2CCC2)CCCCO1. The fourth-order valence-electron chi connectivity index (χ4n) is 3.64. The summed E-state index contributed by atoms with van der Waals surface area (Å²) < 4.78 is 6.12. The zero-order chi connectivity index (χ0) is 14.0. The van der Waals surface area contributed by atoms with Gasteiger partial charge in [-0.2, -0.15) is 0 Å². The Kier molecular flexibility index (Phi) is 4.11. The van der Waals surface area contributed by atoms with Crippen LogP contribution >= 0.6 is 0 Å². The van der Waals surface area contributed by atoms with Gasteiger partial charge < -0.3 is 4.74 Å². The average molecular weight is 274 g/mol. The summed E-state index contributed by atoms with van der Waals surface area (Å²) in [5.41, 5.74) is 5.67. The molecule has 1 saturated heterocycles. The molecule has 1 saturated carbocycles. The van der Waals surface area contributed by atoms with E-state index in [0.29, 0.717) is 5.92 Å². The van der Waals surface area contributed by atoms with Crippen LogP contribution in [0.5, 0.6) is 0 Å². The number of benzene rings is 1. The van der Waals surface area contributed by atoms with Gasteiger partial charge in [0.25, 0.3) is 0 Å². The molecule has 20 heavy (non-hydrogen) atoms. The molecule has 0 spiro atoms. The topological polar surface area (TPSA) is 47.3 Å². The van der Waals surface area contributed by atoms with E-state index in [9.17, 15) is 0 Å². The van der Waals surface area contributed by atoms with E-state index >= 15 is 0 Å². The molecule has 1 aliphatic heterocycles. The minimum absolute atomic E-state index is 0.0830. The lowest BCUT2D eigenvalue weighted by molar-refractivity contribution is -0.0901. The number of rotatable bonds is 4. The van der Waals surface area contributed by atoms with Crippen LogP contribution in [0, 0.1) is 0 Å². The summed E-state index contributed by atoms with van der Waals surface area (Å²) in [6.45, 7) is 3.05. The summed E-state index contributed by atoms with van der Waals surface area (Å²) in [7, 11) is 0. The molecule has 0 bridgehead atoms. The van der Waals surface area contributed by atoms with Crippen LogP contribution in [0.4, 0.5) is 0 Å². The second kappa shape index (κ2) is 5.84. The van der Waals surface area contributed by atoms with Crippen molar-refractivity contribution in [2.75, 3.05) is 6.61 Å². The van der Waals surface area contributed by atoms with Crippen LogP contribution in [-0.2, 0) is 4.74 Å². The summed E-state index contributed by atoms with van der Waals surface area (Å²) >= 11 is 0. The summed E-state index contributed by atoms with van der Waals surface area (Å²) in [6, 6.07) is 8.85. The highest BCUT2D eigenvalue weighted by atomic mass is 16.5. The van der Waals surface area contributed by atoms with Crippen molar-refractivity contribution in [2.45, 2.75) is 63.0 Å². The number of ether oxygens (including phenoxy) is 1. The molecule has 1 aromatic rings. The number of hydrogen-bond donors (Lipinski definition) is 2. The van der Waals surface area contributed by atoms with Gasteiger partial charge in [-0.25, -0.2) is 0 Å². The predicted molar refractivity (Wildman–Crippen MR) is 81.3 cm³/mol. The third-order valence-corrected chi connectivity index (χ3v) is 5.13. The van der Waals surface area contributed by atoms with Crippen LogP contribution in [0.3, 0.4) is 0 Å². The van der Waals surface area contributed by atoms with Crippen molar-refractivity contribution in [3.63, 3.8) is 0 Å². The first kappa shape index (κ1) is 14.1. The van der Waals surface area contributed by atoms with Crippen molar-refractivity contribution in [3.05, 3.63) is 35.4 Å². The molecule has 2 fully saturated rings. The second-order valence-corrected chi connectivity index (χ2v) is 6.47. The molecule has 110 valence electrons. The molecule has 0 amide bonds. The van der Waals surface area contributed by atoms with Gasteiger partial charge in [0.2, 0.25) is 0 Å². The molecule has 0 aromatic heterocycles. The van der Waals surface area contributed by atoms with Gasteiger partial charge in [0.15, 0.2) is 0 Å². The molecular weight excluding hydrogens is 248 g/mol. The Morgan fingerprint density at radius 3 is 2.65 bits per heavy atom. The lowest BCUT2D eigenvalue weighted by atomic mass is 9.74. The zero-order valence-corrected chi connectivity index (χ0v) is 12.4. The van der Waals surface area contributed by atoms with E-state index in [1.54, 1.807) is 0 Å². The monoisotopic (exact) mass is 274 g/mol. The first-order chi connectivity index (χ1) is 9.74. The van der Waals surface area contributed by atoms with Gasteiger partial charge in [0.1, 0.15) is 0 Å². The van der Waals surface area contributed by atoms with E-state index in [-0.39, 0.29) is 11.6 Å². The lowest BCUT2D eigenvalue weighted by Gasteiger charge is -2.42. The fraction of sp³-hybridized carbons (Fsp3) is 0.647. The predicted octanol–water partition coefficient (Wildman–Crippen LogP) is 3.42. The molecule has 2 atom stereocenters. The van der Waals surface area contributed by atoms with Crippen LogP contribution < -0.4 is 11.3 Å². The molecule has 2 aliphatic rings. The smallest absolute Gasteiger partial charge is 0.0861 e. The molecule has 3 nitrogen and oxygen atoms in total. The number of nitrogens with one attached hydrogen (secondary N) is 1. The van der Waals surface area contributed by atoms with Crippen molar-refractivity contribution in [1.29, 1.82) is 0 Å². The van der Waals surface area contributed by atoms with Crippen LogP contribution in [0.15, 0.2) is 24.3 Å². The van der Waals surface area contributed by atoms with Crippen molar-refractivity contribution in [1.82, 2.24) is 5.43 Å². The van der Waals surface area contributed by atoms with Crippen LogP contribution in [0.25, 0.3) is 0 Å². The van der Waals surface area contributed by atoms with Gasteiger partial charge in [-0.05, 0) is 56.1 Å². The quantitative estimate of drug-likeness (QED) is 0.653. The van der Waals surface area contributed by atoms with Crippen molar-refractivity contribution >= 4 is 0 Å². The minimum Gasteiger partial charge on any atom is -0.373 e. The van der Waals surface area contributed by atoms with Gasteiger partial charge >= 0.3 is 0 Å². The van der Waals surface area contributed by atoms with Gasteiger partial charge in [0, 0.05) is 6.61 Å². The van der Waals surface area contributed by atoms with E-state index in [1.807, 2.05) is 0 Å². The Labute approximate surface area is 121 Å². The Bertz CT molecular complexity index is 450. The zero-order valence-electron chi connectivity index (χ0n) is 12.4. The van der Waals surface area contributed by atoms with Crippen molar-refractivity contribution < 1.29 is 4.74 Å². The molecule has 0 radical (unpaired) electrons. The average Bonchev–Trinajstić information content (AvgIpc) is 2.40. The van der Waals surface area contributed by atoms with Crippen molar-refractivity contribution in [2.24, 2.45) is 5.84 Å². The largest absolute Gasteiger partial charge is 0.373 e. The molecule has 2 unspecified atom stereocenters. The summed E-state index contributed by atoms with van der Waals surface area (Å²) in [4.78, 5) is 0. The molecule has 3 rings (SSSR count). The Morgan fingerprint density at radius 2 is 2.05 bits per heavy atom. The summed E-state index contributed by atoms with van der Waals surface area (Å²) in [6.07, 6.45) is 7.43.